The van der Waals surface area contributed by atoms with Gasteiger partial charge in [0.25, 0.3) is 0 Å². The number of fused-ring (bicyclic) bond motifs is 1. The van der Waals surface area contributed by atoms with Crippen LogP contribution in [-0.4, -0.2) is 0 Å². The summed E-state index contributed by atoms with van der Waals surface area (Å²) in [7, 11) is 0. The Bertz CT molecular complexity index is 331. The predicted octanol–water partition coefficient (Wildman–Crippen LogP) is 3.40. The van der Waals surface area contributed by atoms with E-state index in [2.05, 4.69) is 0 Å². The van der Waals surface area contributed by atoms with Crippen LogP contribution >= 0.6 is 0 Å². The van der Waals surface area contributed by atoms with E-state index in [1.165, 1.54) is 6.07 Å². The van der Waals surface area contributed by atoms with E-state index in [1.54, 1.807) is 0 Å². The molecule has 70 valence electrons. The molecule has 0 aliphatic heterocycles. The first kappa shape index (κ1) is 8.67. The van der Waals surface area contributed by atoms with Gasteiger partial charge in [0, 0.05) is 6.07 Å². The highest BCUT2D eigenvalue weighted by atomic mass is 19.1. The van der Waals surface area contributed by atoms with Crippen molar-refractivity contribution in [2.24, 2.45) is 0 Å². The van der Waals surface area contributed by atoms with E-state index in [0.717, 1.165) is 36.5 Å². The fourth-order valence-electron chi connectivity index (χ4n) is 2.07. The van der Waals surface area contributed by atoms with Crippen LogP contribution < -0.4 is 0 Å². The number of rotatable bonds is 0. The fraction of sp³-hybridized carbons (Fsp3) is 0.455. The van der Waals surface area contributed by atoms with Crippen LogP contribution in [0.4, 0.5) is 8.78 Å². The van der Waals surface area contributed by atoms with Crippen molar-refractivity contribution in [2.75, 3.05) is 0 Å². The topological polar surface area (TPSA) is 0 Å². The van der Waals surface area contributed by atoms with Crippen molar-refractivity contribution in [3.63, 3.8) is 0 Å². The average molecular weight is 182 g/mol. The molecule has 1 aliphatic carbocycles. The van der Waals surface area contributed by atoms with Crippen LogP contribution in [0.25, 0.3) is 0 Å². The minimum absolute atomic E-state index is 0.300. The van der Waals surface area contributed by atoms with Gasteiger partial charge in [-0.25, -0.2) is 8.78 Å². The highest BCUT2D eigenvalue weighted by Gasteiger charge is 2.20. The van der Waals surface area contributed by atoms with Gasteiger partial charge in [0.05, 0.1) is 0 Å². The third-order valence-electron chi connectivity index (χ3n) is 2.79. The molecular formula is C11H12F2. The Morgan fingerprint density at radius 2 is 2.08 bits per heavy atom. The van der Waals surface area contributed by atoms with Crippen LogP contribution in [0, 0.1) is 11.6 Å². The highest BCUT2D eigenvalue weighted by Crippen LogP contribution is 2.32. The van der Waals surface area contributed by atoms with Crippen molar-refractivity contribution in [3.8, 4) is 0 Å². The van der Waals surface area contributed by atoms with Gasteiger partial charge in [-0.2, -0.15) is 0 Å². The second-order valence-corrected chi connectivity index (χ2v) is 3.75. The first-order valence-electron chi connectivity index (χ1n) is 4.66. The maximum absolute atomic E-state index is 13.3. The Balaban J connectivity index is 2.56. The monoisotopic (exact) mass is 182 g/mol. The zero-order valence-corrected chi connectivity index (χ0v) is 7.61. The lowest BCUT2D eigenvalue weighted by Crippen LogP contribution is -2.09. The van der Waals surface area contributed by atoms with Crippen LogP contribution in [-0.2, 0) is 6.42 Å². The van der Waals surface area contributed by atoms with Crippen LogP contribution in [0.5, 0.6) is 0 Å². The molecule has 2 rings (SSSR count). The molecule has 1 atom stereocenters. The van der Waals surface area contributed by atoms with Gasteiger partial charge in [0.15, 0.2) is 0 Å². The Labute approximate surface area is 76.6 Å². The number of hydrogen-bond acceptors (Lipinski definition) is 0. The molecule has 0 saturated heterocycles. The average Bonchev–Trinajstić information content (AvgIpc) is 2.07. The molecule has 2 heteroatoms. The molecular weight excluding hydrogens is 170 g/mol. The van der Waals surface area contributed by atoms with Crippen LogP contribution in [0.2, 0.25) is 0 Å². The standard InChI is InChI=1S/C11H12F2/c1-7-3-2-4-9-10(7)5-8(12)6-11(9)13/h5-7H,2-4H2,1H3. The molecule has 1 aromatic rings. The molecule has 0 fully saturated rings. The zero-order chi connectivity index (χ0) is 9.42. The molecule has 0 bridgehead atoms. The summed E-state index contributed by atoms with van der Waals surface area (Å²) in [5, 5.41) is 0. The summed E-state index contributed by atoms with van der Waals surface area (Å²) in [5.74, 6) is -0.527. The largest absolute Gasteiger partial charge is 0.207 e. The van der Waals surface area contributed by atoms with Gasteiger partial charge in [-0.3, -0.25) is 0 Å². The van der Waals surface area contributed by atoms with E-state index in [4.69, 9.17) is 0 Å². The maximum atomic E-state index is 13.3. The molecule has 0 N–H and O–H groups in total. The molecule has 0 spiro atoms. The van der Waals surface area contributed by atoms with Gasteiger partial charge < -0.3 is 0 Å². The molecule has 0 aromatic heterocycles. The molecule has 0 saturated carbocycles. The van der Waals surface area contributed by atoms with Crippen molar-refractivity contribution in [1.29, 1.82) is 0 Å². The summed E-state index contributed by atoms with van der Waals surface area (Å²) in [6, 6.07) is 2.46. The van der Waals surface area contributed by atoms with Crippen LogP contribution in [0.3, 0.4) is 0 Å². The number of benzene rings is 1. The summed E-state index contributed by atoms with van der Waals surface area (Å²) >= 11 is 0. The summed E-state index contributed by atoms with van der Waals surface area (Å²) in [5.41, 5.74) is 1.59. The quantitative estimate of drug-likeness (QED) is 0.576. The number of halogens is 2. The normalized spacial score (nSPS) is 21.3. The first-order valence-corrected chi connectivity index (χ1v) is 4.66. The van der Waals surface area contributed by atoms with Crippen molar-refractivity contribution >= 4 is 0 Å². The van der Waals surface area contributed by atoms with Crippen molar-refractivity contribution in [1.82, 2.24) is 0 Å². The Hall–Kier alpha value is -0.920. The van der Waals surface area contributed by atoms with Gasteiger partial charge in [0.2, 0.25) is 0 Å². The third-order valence-corrected chi connectivity index (χ3v) is 2.79. The summed E-state index contributed by atoms with van der Waals surface area (Å²) in [6.45, 7) is 2.02. The first-order chi connectivity index (χ1) is 6.18. The molecule has 1 aliphatic rings. The second kappa shape index (κ2) is 3.09. The van der Waals surface area contributed by atoms with Crippen molar-refractivity contribution in [3.05, 3.63) is 34.9 Å². The Kier molecular flexibility index (Phi) is 2.06. The van der Waals surface area contributed by atoms with Gasteiger partial charge in [-0.05, 0) is 42.4 Å². The second-order valence-electron chi connectivity index (χ2n) is 3.75. The molecule has 13 heavy (non-hydrogen) atoms. The van der Waals surface area contributed by atoms with Crippen molar-refractivity contribution < 1.29 is 8.78 Å². The van der Waals surface area contributed by atoms with Gasteiger partial charge in [-0.15, -0.1) is 0 Å². The lowest BCUT2D eigenvalue weighted by Gasteiger charge is -2.22. The van der Waals surface area contributed by atoms with Crippen LogP contribution in [0.1, 0.15) is 36.8 Å². The minimum atomic E-state index is -0.454. The molecule has 0 radical (unpaired) electrons. The van der Waals surface area contributed by atoms with E-state index in [9.17, 15) is 8.78 Å². The van der Waals surface area contributed by atoms with E-state index in [1.807, 2.05) is 6.92 Å². The van der Waals surface area contributed by atoms with Gasteiger partial charge in [0.1, 0.15) is 11.6 Å². The molecule has 1 unspecified atom stereocenters. The summed E-state index contributed by atoms with van der Waals surface area (Å²) < 4.78 is 26.2. The van der Waals surface area contributed by atoms with E-state index in [0.29, 0.717) is 5.92 Å². The summed E-state index contributed by atoms with van der Waals surface area (Å²) in [4.78, 5) is 0. The lowest BCUT2D eigenvalue weighted by molar-refractivity contribution is 0.522. The van der Waals surface area contributed by atoms with Crippen molar-refractivity contribution in [2.45, 2.75) is 32.1 Å². The van der Waals surface area contributed by atoms with Gasteiger partial charge >= 0.3 is 0 Å². The van der Waals surface area contributed by atoms with E-state index >= 15 is 0 Å². The number of hydrogen-bond donors (Lipinski definition) is 0. The Morgan fingerprint density at radius 3 is 2.85 bits per heavy atom. The molecule has 0 nitrogen and oxygen atoms in total. The predicted molar refractivity (Wildman–Crippen MR) is 47.7 cm³/mol. The lowest BCUT2D eigenvalue weighted by atomic mass is 9.84. The molecule has 1 aromatic carbocycles. The van der Waals surface area contributed by atoms with E-state index in [-0.39, 0.29) is 5.82 Å². The van der Waals surface area contributed by atoms with Gasteiger partial charge in [-0.1, -0.05) is 6.92 Å². The molecule has 0 amide bonds. The Morgan fingerprint density at radius 1 is 1.31 bits per heavy atom. The highest BCUT2D eigenvalue weighted by molar-refractivity contribution is 5.34. The van der Waals surface area contributed by atoms with Crippen LogP contribution in [0.15, 0.2) is 12.1 Å². The minimum Gasteiger partial charge on any atom is -0.207 e. The van der Waals surface area contributed by atoms with E-state index < -0.39 is 5.82 Å². The summed E-state index contributed by atoms with van der Waals surface area (Å²) in [6.07, 6.45) is 2.80. The fourth-order valence-corrected chi connectivity index (χ4v) is 2.07. The molecule has 0 heterocycles. The zero-order valence-electron chi connectivity index (χ0n) is 7.61. The maximum Gasteiger partial charge on any atom is 0.129 e. The SMILES string of the molecule is CC1CCCc2c(F)cc(F)cc21. The smallest absolute Gasteiger partial charge is 0.129 e. The third kappa shape index (κ3) is 1.45.